The number of ketones is 2. The summed E-state index contributed by atoms with van der Waals surface area (Å²) in [5, 5.41) is 46.0. The number of halogens is 26. The summed E-state index contributed by atoms with van der Waals surface area (Å²) in [6.45, 7) is -1.99. The SMILES string of the molecule is C.CN1c2nc(Cl)ncc2OCC1c1ccc(Cl)cc1C(F)(F)F.CNc1nc(Cl)ncc1O.CNc1nc(Cl)ncc1OCC(=O)c1ccc(Cl)cc1C(F)(F)F.CNc1nc(Cl)ncc1OCC(O)c1ccc(Cl)cc1C(F)(F)F.CNc1nc(Cl)ncc1OCC(OS(C)(=O)=O)c1ccc(Cl)cc1C(F)(F)F.O=C(CBr)c1ccc(Cl)cc1C(F)(F)F.O=CO[O-].O=CO[O-].[B].[Cs+].[Cs+].[H-].[H-].[H-].[K+].[K+].[Na+]. The molecule has 0 spiro atoms. The molecule has 0 bridgehead atoms. The van der Waals surface area contributed by atoms with Crippen molar-refractivity contribution in [3.63, 3.8) is 0 Å². The first-order valence-corrected chi connectivity index (χ1v) is 41.5. The molecule has 0 saturated heterocycles. The van der Waals surface area contributed by atoms with Gasteiger partial charge in [0.15, 0.2) is 70.2 Å². The Kier molecular flexibility index (Phi) is 71.2. The minimum absolute atomic E-state index is 0. The number of ether oxygens (including phenoxy) is 4. The number of hydrogen-bond acceptors (Lipinski definition) is 32. The van der Waals surface area contributed by atoms with Gasteiger partial charge in [-0.3, -0.25) is 23.4 Å². The summed E-state index contributed by atoms with van der Waals surface area (Å²) in [7, 11) is 3.75. The molecule has 0 aliphatic carbocycles. The van der Waals surface area contributed by atoms with E-state index in [-0.39, 0.29) is 424 Å². The number of fused-ring (bicyclic) bond motifs is 1. The van der Waals surface area contributed by atoms with Gasteiger partial charge in [0.25, 0.3) is 23.1 Å². The molecular formula is C74H66BBrCl10Cs2F15K2N15NaO17S. The summed E-state index contributed by atoms with van der Waals surface area (Å²) in [6.07, 6.45) is -19.4. The van der Waals surface area contributed by atoms with Gasteiger partial charge >= 0.3 is 301 Å². The van der Waals surface area contributed by atoms with Crippen molar-refractivity contribution >= 4 is 204 Å². The zero-order chi connectivity index (χ0) is 99.7. The standard InChI is InChI=1S/C15H14Cl2F3N3O4S.C14H12Cl2F3N3O2.C14H10Cl2F3N3O2.C14H10Cl2F3N3O.C9H5BrClF3O.C5H6ClN3O.2CH2O3.CH4.B.2Cs.2K.Na.3H/c1-21-13-11(6-22-14(17)23-13)26-7-12(27-28(2,24)25)9-4-3-8(16)5-10(9)15(18,19)20;2*1-20-12-11(5-21-13(16)22-12)24-6-10(23)8-3-2-7(15)4-9(8)14(17,18)19;1-22-10(6-23-11-5-20-13(16)21-12(11)22)8-3-2-7(15)4-9(8)14(17,18)19;10-4-8(15)6-2-1-5(11)3-7(6)9(12,13)14;1-7-4-3(10)2-8-5(6)9-4;2*2-1-4-3;;;;;;;;;;/h3-6,12H,7H2,1-2H3,(H,21,22,23);2-5,10,23H,6H2,1H3,(H,20,21,22);2-5H,6H2,1H3,(H,20,21,22);2-5,10H,6H2,1H3;1-3H,4H2;2,10H,1H3,(H,7,8,9);2*1,3H;1H4;;;;;;;;;/q;;;;;;;;;;5*+1;3*-1/p-2. The van der Waals surface area contributed by atoms with Gasteiger partial charge in [-0.15, -0.1) is 0 Å². The van der Waals surface area contributed by atoms with Gasteiger partial charge in [-0.25, -0.2) is 24.9 Å². The van der Waals surface area contributed by atoms with Gasteiger partial charge in [0.05, 0.1) is 76.4 Å². The molecule has 735 valence electrons. The van der Waals surface area contributed by atoms with Gasteiger partial charge in [-0.2, -0.15) is 99.2 Å². The Labute approximate surface area is 1070 Å². The van der Waals surface area contributed by atoms with Crippen molar-refractivity contribution in [2.45, 2.75) is 56.6 Å². The van der Waals surface area contributed by atoms with Crippen molar-refractivity contribution in [3.05, 3.63) is 229 Å². The number of carbonyl (C=O) groups excluding carboxylic acids is 4. The molecule has 3 unspecified atom stereocenters. The monoisotopic (exact) mass is 2560 g/mol. The summed E-state index contributed by atoms with van der Waals surface area (Å²) in [5.41, 5.74) is -6.72. The van der Waals surface area contributed by atoms with Crippen LogP contribution in [-0.2, 0) is 64.5 Å². The van der Waals surface area contributed by atoms with E-state index in [2.05, 4.69) is 96.8 Å². The molecular weight excluding hydrogens is 2500 g/mol. The third kappa shape index (κ3) is 49.3. The number of aliphatic hydroxyl groups is 1. The average molecular weight is 2570 g/mol. The molecule has 6 N–H and O–H groups in total. The van der Waals surface area contributed by atoms with Gasteiger partial charge < -0.3 is 79.9 Å². The fourth-order valence-corrected chi connectivity index (χ4v) is 12.5. The van der Waals surface area contributed by atoms with Crippen molar-refractivity contribution in [2.75, 3.05) is 99.4 Å². The van der Waals surface area contributed by atoms with Gasteiger partial charge in [0.2, 0.25) is 32.2 Å². The minimum atomic E-state index is -4.79. The van der Waals surface area contributed by atoms with Crippen LogP contribution in [0.15, 0.2) is 122 Å². The van der Waals surface area contributed by atoms with Crippen LogP contribution < -0.4 is 326 Å². The molecule has 5 aromatic carbocycles. The quantitative estimate of drug-likeness (QED) is 0.00612. The summed E-state index contributed by atoms with van der Waals surface area (Å²) < 4.78 is 245. The topological polar surface area (TPSA) is 434 Å². The number of nitrogens with one attached hydrogen (secondary N) is 4. The Bertz CT molecular complexity index is 5740. The number of nitrogens with zero attached hydrogens (tertiary/aromatic N) is 11. The van der Waals surface area contributed by atoms with E-state index in [4.69, 9.17) is 164 Å². The Morgan fingerprint density at radius 3 is 1.22 bits per heavy atom. The number of anilines is 5. The minimum Gasteiger partial charge on any atom is -1.00 e. The maximum absolute atomic E-state index is 13.4. The van der Waals surface area contributed by atoms with Crippen molar-refractivity contribution in [1.82, 2.24) is 49.8 Å². The molecule has 0 saturated carbocycles. The van der Waals surface area contributed by atoms with Gasteiger partial charge in [-0.1, -0.05) is 99.6 Å². The maximum atomic E-state index is 13.4. The molecule has 3 atom stereocenters. The van der Waals surface area contributed by atoms with Crippen LogP contribution in [0.2, 0.25) is 51.5 Å². The number of aromatic hydroxyl groups is 1. The van der Waals surface area contributed by atoms with E-state index in [1.54, 1.807) is 26.0 Å². The van der Waals surface area contributed by atoms with Crippen LogP contribution in [0.25, 0.3) is 0 Å². The molecule has 11 rings (SSSR count). The van der Waals surface area contributed by atoms with E-state index in [1.807, 2.05) is 0 Å². The van der Waals surface area contributed by atoms with Crippen LogP contribution in [0.1, 0.15) is 95.2 Å². The number of aromatic nitrogens is 10. The second-order valence-corrected chi connectivity index (χ2v) is 30.4. The summed E-state index contributed by atoms with van der Waals surface area (Å²) in [4.78, 5) is 85.1. The van der Waals surface area contributed by atoms with Gasteiger partial charge in [0, 0.05) is 79.9 Å². The number of carbonyl (C=O) groups is 4. The fourth-order valence-electron chi connectivity index (χ4n) is 10.1. The van der Waals surface area contributed by atoms with Crippen LogP contribution in [0.5, 0.6) is 28.7 Å². The van der Waals surface area contributed by atoms with Crippen LogP contribution in [0.3, 0.4) is 0 Å². The normalized spacial score (nSPS) is 12.0. The van der Waals surface area contributed by atoms with Crippen LogP contribution >= 0.6 is 132 Å². The number of likely N-dealkylation sites (N-methyl/N-ethyl adjacent to an activating group) is 1. The maximum Gasteiger partial charge on any atom is 1.00 e. The number of Topliss-reactive ketones (excluding diaryl/α,β-unsaturated/α-hetero) is 2. The molecule has 3 radical (unpaired) electrons. The van der Waals surface area contributed by atoms with E-state index in [0.717, 1.165) is 42.5 Å². The second kappa shape index (κ2) is 68.9. The largest absolute Gasteiger partial charge is 1.00 e. The van der Waals surface area contributed by atoms with E-state index in [0.29, 0.717) is 35.8 Å². The molecule has 1 aliphatic rings. The molecule has 139 heavy (non-hydrogen) atoms. The van der Waals surface area contributed by atoms with Gasteiger partial charge in [0.1, 0.15) is 32.0 Å². The summed E-state index contributed by atoms with van der Waals surface area (Å²) in [5.74, 6) is 0.411. The molecule has 1 aliphatic heterocycles. The number of benzene rings is 5. The number of alkyl halides is 16. The van der Waals surface area contributed by atoms with Crippen molar-refractivity contribution in [2.24, 2.45) is 0 Å². The average Bonchev–Trinajstić information content (AvgIpc) is 0.756. The Balaban J connectivity index is -0.000000304. The molecule has 0 amide bonds. The molecule has 0 fully saturated rings. The molecule has 10 aromatic rings. The Morgan fingerprint density at radius 2 is 0.849 bits per heavy atom. The molecule has 65 heteroatoms. The van der Waals surface area contributed by atoms with Crippen LogP contribution in [0, 0.1) is 0 Å². The van der Waals surface area contributed by atoms with Crippen molar-refractivity contribution < 1.29 is 421 Å². The van der Waals surface area contributed by atoms with Crippen molar-refractivity contribution in [1.29, 1.82) is 0 Å². The Morgan fingerprint density at radius 1 is 0.525 bits per heavy atom. The fraction of sp³-hybridized carbons (Fsp3) is 0.270. The van der Waals surface area contributed by atoms with E-state index in [1.165, 1.54) is 81.5 Å². The van der Waals surface area contributed by atoms with Crippen LogP contribution in [-0.4, -0.2) is 175 Å². The molecule has 6 heterocycles. The number of rotatable bonds is 23. The summed E-state index contributed by atoms with van der Waals surface area (Å²) in [6, 6.07) is 15.0. The first-order chi connectivity index (χ1) is 61.5. The van der Waals surface area contributed by atoms with E-state index >= 15 is 0 Å². The molecule has 5 aromatic heterocycles. The number of hydrogen-bond donors (Lipinski definition) is 6. The first kappa shape index (κ1) is 144. The predicted octanol–water partition coefficient (Wildman–Crippen LogP) is 3.67. The smallest absolute Gasteiger partial charge is 1.00 e. The predicted molar refractivity (Wildman–Crippen MR) is 467 cm³/mol. The van der Waals surface area contributed by atoms with Crippen molar-refractivity contribution in [3.8, 4) is 28.7 Å². The third-order valence-electron chi connectivity index (χ3n) is 15.6. The second-order valence-electron chi connectivity index (χ2n) is 24.3. The third-order valence-corrected chi connectivity index (χ3v) is 18.8. The number of aliphatic hydroxyl groups excluding tert-OH is 1. The first-order valence-electron chi connectivity index (χ1n) is 34.8. The zero-order valence-corrected chi connectivity index (χ0v) is 103. The zero-order valence-electron chi connectivity index (χ0n) is 75.2. The van der Waals surface area contributed by atoms with E-state index < -0.39 is 130 Å². The van der Waals surface area contributed by atoms with E-state index in [9.17, 15) is 89.0 Å². The van der Waals surface area contributed by atoms with Crippen LogP contribution in [0.4, 0.5) is 94.9 Å². The molecule has 32 nitrogen and oxygen atoms in total. The van der Waals surface area contributed by atoms with Gasteiger partial charge in [-0.05, 0) is 147 Å². The summed E-state index contributed by atoms with van der Waals surface area (Å²) >= 11 is 58.9. The Hall–Kier alpha value is -1.66.